The minimum atomic E-state index is -5.18. The van der Waals surface area contributed by atoms with E-state index in [4.69, 9.17) is 15.2 Å². The molecule has 1 aliphatic carbocycles. The molecule has 1 fully saturated rings. The zero-order valence-corrected chi connectivity index (χ0v) is 21.9. The third kappa shape index (κ3) is 5.23. The van der Waals surface area contributed by atoms with Crippen LogP contribution in [0, 0.1) is 5.82 Å². The highest BCUT2D eigenvalue weighted by molar-refractivity contribution is 5.96. The number of nitrogens with zero attached hydrogens (tertiary/aromatic N) is 1. The van der Waals surface area contributed by atoms with Crippen LogP contribution in [0.2, 0.25) is 0 Å². The number of carbonyl (C=O) groups is 1. The van der Waals surface area contributed by atoms with Crippen LogP contribution in [-0.2, 0) is 11.1 Å². The van der Waals surface area contributed by atoms with Gasteiger partial charge in [-0.05, 0) is 74.7 Å². The van der Waals surface area contributed by atoms with Gasteiger partial charge in [-0.3, -0.25) is 4.79 Å². The fourth-order valence-corrected chi connectivity index (χ4v) is 4.73. The van der Waals surface area contributed by atoms with Crippen molar-refractivity contribution in [2.75, 3.05) is 19.0 Å². The summed E-state index contributed by atoms with van der Waals surface area (Å²) in [7, 11) is 1.41. The molecule has 0 radical (unpaired) electrons. The van der Waals surface area contributed by atoms with Crippen molar-refractivity contribution in [3.8, 4) is 22.8 Å². The molecule has 7 nitrogen and oxygen atoms in total. The van der Waals surface area contributed by atoms with Gasteiger partial charge in [-0.25, -0.2) is 9.37 Å². The molecule has 2 atom stereocenters. The summed E-state index contributed by atoms with van der Waals surface area (Å²) in [6.45, 7) is 1.86. The summed E-state index contributed by atoms with van der Waals surface area (Å²) in [4.78, 5) is 17.2. The molecule has 3 aromatic rings. The van der Waals surface area contributed by atoms with E-state index >= 15 is 0 Å². The van der Waals surface area contributed by atoms with Gasteiger partial charge >= 0.3 is 6.18 Å². The maximum Gasteiger partial charge on any atom is 0.422 e. The van der Waals surface area contributed by atoms with Gasteiger partial charge < -0.3 is 25.6 Å². The number of aromatic nitrogens is 1. The molecular weight excluding hydrogens is 530 g/mol. The van der Waals surface area contributed by atoms with Crippen molar-refractivity contribution in [2.24, 2.45) is 5.73 Å². The number of halogens is 4. The highest BCUT2D eigenvalue weighted by Crippen LogP contribution is 2.47. The Kier molecular flexibility index (Phi) is 6.99. The van der Waals surface area contributed by atoms with Crippen molar-refractivity contribution in [2.45, 2.75) is 56.0 Å². The SMILES string of the molecule is COc1cc(C(=O)CC[C@@](O)(c2cc3c(c(-c4ccc(F)cc4)n2)NC[C@@]3(C)N)C(F)(F)F)ccc1OC1CC1. The summed E-state index contributed by atoms with van der Waals surface area (Å²) in [6.07, 6.45) is -4.88. The van der Waals surface area contributed by atoms with Gasteiger partial charge in [0.2, 0.25) is 5.60 Å². The molecule has 11 heteroatoms. The van der Waals surface area contributed by atoms with Crippen molar-refractivity contribution < 1.29 is 36.9 Å². The van der Waals surface area contributed by atoms with Crippen LogP contribution in [-0.4, -0.2) is 41.8 Å². The Morgan fingerprint density at radius 3 is 2.48 bits per heavy atom. The molecule has 0 saturated heterocycles. The standard InChI is InChI=1S/C29H29F4N3O4/c1-27(34)15-35-26-20(27)14-24(36-25(26)16-3-6-18(30)7-4-16)28(38,29(31,32)33)12-11-21(37)17-5-10-22(23(13-17)39-2)40-19-8-9-19/h3-7,10,13-14,19,35,38H,8-9,11-12,15,34H2,1-2H3/t27-,28-/m1/s1. The predicted molar refractivity (Wildman–Crippen MR) is 140 cm³/mol. The molecule has 0 spiro atoms. The zero-order chi connectivity index (χ0) is 28.9. The average Bonchev–Trinajstić information content (AvgIpc) is 3.68. The van der Waals surface area contributed by atoms with Crippen molar-refractivity contribution in [3.63, 3.8) is 0 Å². The molecule has 4 N–H and O–H groups in total. The van der Waals surface area contributed by atoms with E-state index in [1.165, 1.54) is 31.4 Å². The monoisotopic (exact) mass is 559 g/mol. The van der Waals surface area contributed by atoms with Crippen LogP contribution in [0.1, 0.15) is 54.2 Å². The van der Waals surface area contributed by atoms with E-state index in [0.29, 0.717) is 28.3 Å². The Labute approximate surface area is 228 Å². The Morgan fingerprint density at radius 2 is 1.85 bits per heavy atom. The third-order valence-corrected chi connectivity index (χ3v) is 7.29. The van der Waals surface area contributed by atoms with Gasteiger partial charge in [0, 0.05) is 29.7 Å². The number of nitrogens with two attached hydrogens (primary N) is 1. The number of ether oxygens (including phenoxy) is 2. The molecule has 5 rings (SSSR count). The number of pyridine rings is 1. The number of benzene rings is 2. The van der Waals surface area contributed by atoms with Crippen LogP contribution in [0.15, 0.2) is 48.5 Å². The lowest BCUT2D eigenvalue weighted by molar-refractivity contribution is -0.270. The van der Waals surface area contributed by atoms with E-state index in [0.717, 1.165) is 31.0 Å². The lowest BCUT2D eigenvalue weighted by atomic mass is 9.86. The van der Waals surface area contributed by atoms with Crippen molar-refractivity contribution in [1.29, 1.82) is 0 Å². The molecule has 2 aliphatic rings. The molecule has 1 aliphatic heterocycles. The first-order valence-electron chi connectivity index (χ1n) is 12.8. The number of carbonyl (C=O) groups excluding carboxylic acids is 1. The summed E-state index contributed by atoms with van der Waals surface area (Å²) in [5, 5.41) is 14.2. The summed E-state index contributed by atoms with van der Waals surface area (Å²) in [5.74, 6) is -0.406. The number of ketones is 1. The lowest BCUT2D eigenvalue weighted by Crippen LogP contribution is -2.44. The van der Waals surface area contributed by atoms with E-state index in [1.54, 1.807) is 13.0 Å². The van der Waals surface area contributed by atoms with Crippen LogP contribution in [0.25, 0.3) is 11.3 Å². The second-order valence-corrected chi connectivity index (χ2v) is 10.5. The molecule has 2 aromatic carbocycles. The molecule has 40 heavy (non-hydrogen) atoms. The fraction of sp³-hybridized carbons (Fsp3) is 0.379. The van der Waals surface area contributed by atoms with Crippen LogP contribution in [0.5, 0.6) is 11.5 Å². The number of rotatable bonds is 9. The number of Topliss-reactive ketones (excluding diaryl/α,β-unsaturated/α-hetero) is 1. The molecule has 0 amide bonds. The molecule has 0 bridgehead atoms. The average molecular weight is 560 g/mol. The second kappa shape index (κ2) is 10.0. The largest absolute Gasteiger partial charge is 0.493 e. The number of nitrogens with one attached hydrogen (secondary N) is 1. The predicted octanol–water partition coefficient (Wildman–Crippen LogP) is 5.45. The fourth-order valence-electron chi connectivity index (χ4n) is 4.73. The van der Waals surface area contributed by atoms with Crippen LogP contribution in [0.4, 0.5) is 23.2 Å². The summed E-state index contributed by atoms with van der Waals surface area (Å²) in [6, 6.07) is 10.7. The zero-order valence-electron chi connectivity index (χ0n) is 21.9. The Balaban J connectivity index is 1.49. The van der Waals surface area contributed by atoms with Gasteiger partial charge in [0.25, 0.3) is 0 Å². The van der Waals surface area contributed by atoms with Crippen molar-refractivity contribution in [1.82, 2.24) is 4.98 Å². The van der Waals surface area contributed by atoms with Gasteiger partial charge in [-0.2, -0.15) is 13.2 Å². The van der Waals surface area contributed by atoms with E-state index < -0.39 is 47.5 Å². The molecular formula is C29H29F4N3O4. The van der Waals surface area contributed by atoms with Gasteiger partial charge in [-0.1, -0.05) is 0 Å². The maximum absolute atomic E-state index is 14.5. The number of fused-ring (bicyclic) bond motifs is 1. The maximum atomic E-state index is 14.5. The van der Waals surface area contributed by atoms with Gasteiger partial charge in [-0.15, -0.1) is 0 Å². The topological polar surface area (TPSA) is 107 Å². The second-order valence-electron chi connectivity index (χ2n) is 10.5. The van der Waals surface area contributed by atoms with Gasteiger partial charge in [0.1, 0.15) is 5.82 Å². The lowest BCUT2D eigenvalue weighted by Gasteiger charge is -2.31. The van der Waals surface area contributed by atoms with Crippen molar-refractivity contribution >= 4 is 11.5 Å². The number of hydrogen-bond donors (Lipinski definition) is 3. The number of anilines is 1. The normalized spacial score (nSPS) is 19.9. The Morgan fingerprint density at radius 1 is 1.15 bits per heavy atom. The summed E-state index contributed by atoms with van der Waals surface area (Å²) in [5.41, 5.74) is 2.41. The molecule has 1 saturated carbocycles. The van der Waals surface area contributed by atoms with E-state index in [-0.39, 0.29) is 23.9 Å². The number of aliphatic hydroxyl groups is 1. The summed E-state index contributed by atoms with van der Waals surface area (Å²) < 4.78 is 68.2. The minimum Gasteiger partial charge on any atom is -0.493 e. The van der Waals surface area contributed by atoms with Crippen LogP contribution in [0.3, 0.4) is 0 Å². The first-order chi connectivity index (χ1) is 18.8. The quantitative estimate of drug-likeness (QED) is 0.236. The highest BCUT2D eigenvalue weighted by atomic mass is 19.4. The smallest absolute Gasteiger partial charge is 0.422 e. The van der Waals surface area contributed by atoms with Crippen LogP contribution >= 0.6 is 0 Å². The molecule has 0 unspecified atom stereocenters. The first kappa shape index (κ1) is 27.9. The number of alkyl halides is 3. The highest BCUT2D eigenvalue weighted by Gasteiger charge is 2.56. The number of hydrogen-bond acceptors (Lipinski definition) is 7. The Hall–Kier alpha value is -3.70. The molecule has 2 heterocycles. The van der Waals surface area contributed by atoms with E-state index in [9.17, 15) is 27.5 Å². The summed E-state index contributed by atoms with van der Waals surface area (Å²) >= 11 is 0. The van der Waals surface area contributed by atoms with E-state index in [2.05, 4.69) is 10.3 Å². The first-order valence-corrected chi connectivity index (χ1v) is 12.8. The molecule has 1 aromatic heterocycles. The Bertz CT molecular complexity index is 1440. The van der Waals surface area contributed by atoms with Crippen molar-refractivity contribution in [3.05, 3.63) is 71.2 Å². The third-order valence-electron chi connectivity index (χ3n) is 7.29. The van der Waals surface area contributed by atoms with Crippen LogP contribution < -0.4 is 20.5 Å². The molecule has 212 valence electrons. The minimum absolute atomic E-state index is 0.0856. The van der Waals surface area contributed by atoms with Gasteiger partial charge in [0.05, 0.1) is 35.8 Å². The van der Waals surface area contributed by atoms with E-state index in [1.807, 2.05) is 0 Å². The number of methoxy groups -OCH3 is 1. The van der Waals surface area contributed by atoms with Gasteiger partial charge in [0.15, 0.2) is 17.3 Å².